The van der Waals surface area contributed by atoms with Gasteiger partial charge in [0.15, 0.2) is 0 Å². The van der Waals surface area contributed by atoms with E-state index in [1.807, 2.05) is 43.3 Å². The molecule has 8 heteroatoms. The highest BCUT2D eigenvalue weighted by Gasteiger charge is 2.17. The van der Waals surface area contributed by atoms with E-state index in [0.717, 1.165) is 49.4 Å². The highest BCUT2D eigenvalue weighted by atomic mass is 19.1. The van der Waals surface area contributed by atoms with Gasteiger partial charge in [0.2, 0.25) is 5.91 Å². The topological polar surface area (TPSA) is 62.5 Å². The molecular weight excluding hydrogens is 409 g/mol. The lowest BCUT2D eigenvalue weighted by Crippen LogP contribution is -2.48. The van der Waals surface area contributed by atoms with E-state index >= 15 is 0 Å². The zero-order valence-electron chi connectivity index (χ0n) is 18.5. The number of piperazine rings is 1. The first-order valence-corrected chi connectivity index (χ1v) is 11.2. The van der Waals surface area contributed by atoms with Crippen molar-refractivity contribution < 1.29 is 9.18 Å². The number of anilines is 1. The molecule has 170 valence electrons. The number of nitrogens with zero attached hydrogens (tertiary/aromatic N) is 4. The first-order valence-electron chi connectivity index (χ1n) is 11.2. The number of aryl methyl sites for hydroxylation is 2. The Kier molecular flexibility index (Phi) is 6.90. The Hall–Kier alpha value is -3.13. The second kappa shape index (κ2) is 9.99. The number of amides is 1. The fourth-order valence-corrected chi connectivity index (χ4v) is 4.33. The number of halogens is 1. The molecule has 1 N–H and O–H groups in total. The Morgan fingerprint density at radius 2 is 1.59 bits per heavy atom. The molecule has 0 aliphatic carbocycles. The van der Waals surface area contributed by atoms with Gasteiger partial charge in [0.1, 0.15) is 5.82 Å². The lowest BCUT2D eigenvalue weighted by Gasteiger charge is -2.36. The molecule has 1 fully saturated rings. The van der Waals surface area contributed by atoms with E-state index in [9.17, 15) is 14.0 Å². The van der Waals surface area contributed by atoms with E-state index in [0.29, 0.717) is 19.6 Å². The molecular formula is C24H30FN5O2. The monoisotopic (exact) mass is 439 g/mol. The number of fused-ring (bicyclic) bond motifs is 1. The van der Waals surface area contributed by atoms with Crippen molar-refractivity contribution in [3.8, 4) is 0 Å². The number of benzene rings is 2. The van der Waals surface area contributed by atoms with Crippen LogP contribution in [0.4, 0.5) is 10.1 Å². The van der Waals surface area contributed by atoms with Crippen molar-refractivity contribution in [1.29, 1.82) is 0 Å². The minimum atomic E-state index is -0.218. The number of para-hydroxylation sites is 2. The minimum absolute atomic E-state index is 0.0461. The number of rotatable bonds is 8. The summed E-state index contributed by atoms with van der Waals surface area (Å²) in [7, 11) is 0. The van der Waals surface area contributed by atoms with Gasteiger partial charge in [-0.2, -0.15) is 0 Å². The van der Waals surface area contributed by atoms with Crippen LogP contribution < -0.4 is 15.9 Å². The second-order valence-corrected chi connectivity index (χ2v) is 8.07. The summed E-state index contributed by atoms with van der Waals surface area (Å²) in [5.74, 6) is -0.265. The summed E-state index contributed by atoms with van der Waals surface area (Å²) in [4.78, 5) is 29.6. The first kappa shape index (κ1) is 22.1. The van der Waals surface area contributed by atoms with Crippen LogP contribution in [0.15, 0.2) is 53.3 Å². The van der Waals surface area contributed by atoms with Gasteiger partial charge in [-0.1, -0.05) is 12.1 Å². The average molecular weight is 440 g/mol. The third kappa shape index (κ3) is 4.85. The van der Waals surface area contributed by atoms with Gasteiger partial charge in [0.05, 0.1) is 11.0 Å². The van der Waals surface area contributed by atoms with Crippen molar-refractivity contribution >= 4 is 22.6 Å². The van der Waals surface area contributed by atoms with Gasteiger partial charge in [0, 0.05) is 64.5 Å². The first-order chi connectivity index (χ1) is 15.6. The van der Waals surface area contributed by atoms with E-state index in [-0.39, 0.29) is 23.8 Å². The highest BCUT2D eigenvalue weighted by Crippen LogP contribution is 2.17. The SMILES string of the molecule is CCn1c(=O)n(CCC(=O)NCCN2CCN(c3ccc(F)cc3)CC2)c2ccccc21. The molecule has 0 saturated carbocycles. The molecule has 0 unspecified atom stereocenters. The van der Waals surface area contributed by atoms with Crippen molar-refractivity contribution in [3.63, 3.8) is 0 Å². The second-order valence-electron chi connectivity index (χ2n) is 8.07. The maximum Gasteiger partial charge on any atom is 0.329 e. The Bertz CT molecular complexity index is 1110. The predicted molar refractivity (Wildman–Crippen MR) is 125 cm³/mol. The molecule has 1 saturated heterocycles. The third-order valence-electron chi connectivity index (χ3n) is 6.12. The van der Waals surface area contributed by atoms with Gasteiger partial charge >= 0.3 is 5.69 Å². The van der Waals surface area contributed by atoms with Crippen molar-refractivity contribution in [1.82, 2.24) is 19.4 Å². The van der Waals surface area contributed by atoms with Gasteiger partial charge in [-0.15, -0.1) is 0 Å². The molecule has 3 aromatic rings. The summed E-state index contributed by atoms with van der Waals surface area (Å²) in [6, 6.07) is 14.3. The minimum Gasteiger partial charge on any atom is -0.369 e. The molecule has 1 aliphatic heterocycles. The number of carbonyl (C=O) groups is 1. The predicted octanol–water partition coefficient (Wildman–Crippen LogP) is 2.29. The highest BCUT2D eigenvalue weighted by molar-refractivity contribution is 5.78. The summed E-state index contributed by atoms with van der Waals surface area (Å²) in [5.41, 5.74) is 2.74. The van der Waals surface area contributed by atoms with Crippen molar-refractivity contribution in [2.45, 2.75) is 26.4 Å². The van der Waals surface area contributed by atoms with Crippen LogP contribution >= 0.6 is 0 Å². The van der Waals surface area contributed by atoms with Gasteiger partial charge in [-0.05, 0) is 43.3 Å². The molecule has 0 radical (unpaired) electrons. The van der Waals surface area contributed by atoms with E-state index in [2.05, 4.69) is 15.1 Å². The Labute approximate surface area is 187 Å². The number of hydrogen-bond acceptors (Lipinski definition) is 4. The lowest BCUT2D eigenvalue weighted by molar-refractivity contribution is -0.121. The molecule has 1 amide bonds. The van der Waals surface area contributed by atoms with Crippen molar-refractivity contribution in [2.24, 2.45) is 0 Å². The molecule has 4 rings (SSSR count). The van der Waals surface area contributed by atoms with Crippen LogP contribution in [0.5, 0.6) is 0 Å². The van der Waals surface area contributed by atoms with Crippen LogP contribution in [0.1, 0.15) is 13.3 Å². The third-order valence-corrected chi connectivity index (χ3v) is 6.12. The van der Waals surface area contributed by atoms with Crippen LogP contribution in [-0.2, 0) is 17.9 Å². The molecule has 2 aromatic carbocycles. The number of imidazole rings is 1. The number of hydrogen-bond donors (Lipinski definition) is 1. The van der Waals surface area contributed by atoms with E-state index < -0.39 is 0 Å². The summed E-state index contributed by atoms with van der Waals surface area (Å²) < 4.78 is 16.5. The molecule has 1 aliphatic rings. The standard InChI is InChI=1S/C24H30FN5O2/c1-2-29-21-5-3-4-6-22(21)30(24(29)32)13-11-23(31)26-12-14-27-15-17-28(18-16-27)20-9-7-19(25)8-10-20/h3-10H,2,11-18H2,1H3,(H,26,31). The summed E-state index contributed by atoms with van der Waals surface area (Å²) in [6.45, 7) is 7.86. The van der Waals surface area contributed by atoms with Crippen LogP contribution in [0.25, 0.3) is 11.0 Å². The Morgan fingerprint density at radius 3 is 2.25 bits per heavy atom. The molecule has 32 heavy (non-hydrogen) atoms. The van der Waals surface area contributed by atoms with Gasteiger partial charge < -0.3 is 10.2 Å². The number of aromatic nitrogens is 2. The molecule has 7 nitrogen and oxygen atoms in total. The van der Waals surface area contributed by atoms with E-state index in [4.69, 9.17) is 0 Å². The van der Waals surface area contributed by atoms with E-state index in [1.54, 1.807) is 9.13 Å². The fourth-order valence-electron chi connectivity index (χ4n) is 4.33. The normalized spacial score (nSPS) is 14.8. The average Bonchev–Trinajstić information content (AvgIpc) is 3.09. The molecule has 0 spiro atoms. The molecule has 0 bridgehead atoms. The number of nitrogens with one attached hydrogen (secondary N) is 1. The maximum absolute atomic E-state index is 13.1. The summed E-state index contributed by atoms with van der Waals surface area (Å²) in [5, 5.41) is 2.98. The fraction of sp³-hybridized carbons (Fsp3) is 0.417. The molecule has 1 aromatic heterocycles. The van der Waals surface area contributed by atoms with Crippen LogP contribution in [0.2, 0.25) is 0 Å². The Morgan fingerprint density at radius 1 is 0.938 bits per heavy atom. The quantitative estimate of drug-likeness (QED) is 0.585. The van der Waals surface area contributed by atoms with Gasteiger partial charge in [-0.3, -0.25) is 18.8 Å². The van der Waals surface area contributed by atoms with Crippen LogP contribution in [-0.4, -0.2) is 59.2 Å². The van der Waals surface area contributed by atoms with Crippen molar-refractivity contribution in [3.05, 3.63) is 64.8 Å². The largest absolute Gasteiger partial charge is 0.369 e. The Balaban J connectivity index is 1.21. The maximum atomic E-state index is 13.1. The molecule has 2 heterocycles. The zero-order valence-corrected chi connectivity index (χ0v) is 18.5. The number of carbonyl (C=O) groups excluding carboxylic acids is 1. The van der Waals surface area contributed by atoms with Gasteiger partial charge in [-0.25, -0.2) is 9.18 Å². The summed E-state index contributed by atoms with van der Waals surface area (Å²) in [6.07, 6.45) is 0.274. The van der Waals surface area contributed by atoms with Crippen molar-refractivity contribution in [2.75, 3.05) is 44.2 Å². The lowest BCUT2D eigenvalue weighted by atomic mass is 10.2. The van der Waals surface area contributed by atoms with Gasteiger partial charge in [0.25, 0.3) is 0 Å². The van der Waals surface area contributed by atoms with Crippen LogP contribution in [0.3, 0.4) is 0 Å². The zero-order chi connectivity index (χ0) is 22.5. The van der Waals surface area contributed by atoms with E-state index in [1.165, 1.54) is 12.1 Å². The summed E-state index contributed by atoms with van der Waals surface area (Å²) >= 11 is 0. The molecule has 0 atom stereocenters. The van der Waals surface area contributed by atoms with Crippen LogP contribution in [0, 0.1) is 5.82 Å². The smallest absolute Gasteiger partial charge is 0.329 e.